The number of aromatic nitrogens is 1. The molecule has 0 saturated carbocycles. The zero-order chi connectivity index (χ0) is 22.9. The van der Waals surface area contributed by atoms with Crippen LogP contribution in [-0.4, -0.2) is 39.1 Å². The van der Waals surface area contributed by atoms with Crippen molar-refractivity contribution in [3.8, 4) is 0 Å². The number of hydrogen-bond donors (Lipinski definition) is 0. The van der Waals surface area contributed by atoms with Gasteiger partial charge in [0.25, 0.3) is 0 Å². The van der Waals surface area contributed by atoms with E-state index in [-0.39, 0.29) is 21.7 Å². The molecule has 1 aliphatic heterocycles. The second-order valence-electron chi connectivity index (χ2n) is 8.35. The van der Waals surface area contributed by atoms with Crippen molar-refractivity contribution in [1.29, 1.82) is 0 Å². The molecule has 1 saturated heterocycles. The molecule has 1 unspecified atom stereocenters. The number of piperidine rings is 1. The second-order valence-corrected chi connectivity index (χ2v) is 10.3. The van der Waals surface area contributed by atoms with Gasteiger partial charge in [-0.1, -0.05) is 29.3 Å². The van der Waals surface area contributed by atoms with Crippen molar-refractivity contribution in [3.63, 3.8) is 0 Å². The van der Waals surface area contributed by atoms with E-state index in [1.54, 1.807) is 31.2 Å². The number of carbonyl (C=O) groups excluding carboxylic acids is 1. The van der Waals surface area contributed by atoms with E-state index in [9.17, 15) is 13.2 Å². The third-order valence-corrected chi connectivity index (χ3v) is 7.71. The van der Waals surface area contributed by atoms with Crippen molar-refractivity contribution in [2.75, 3.05) is 24.6 Å². The van der Waals surface area contributed by atoms with Crippen LogP contribution in [0.1, 0.15) is 30.9 Å². The summed E-state index contributed by atoms with van der Waals surface area (Å²) in [6.45, 7) is 7.11. The Morgan fingerprint density at radius 3 is 2.56 bits per heavy atom. The number of ether oxygens (including phenoxy) is 1. The van der Waals surface area contributed by atoms with Gasteiger partial charge < -0.3 is 9.64 Å². The Bertz CT molecular complexity index is 1250. The number of anilines is 1. The predicted octanol–water partition coefficient (Wildman–Crippen LogP) is 4.46. The first kappa shape index (κ1) is 22.3. The molecule has 2 aromatic carbocycles. The fourth-order valence-electron chi connectivity index (χ4n) is 4.27. The number of sulfone groups is 1. The largest absolute Gasteiger partial charge is 0.466 e. The Balaban J connectivity index is 1.88. The van der Waals surface area contributed by atoms with Crippen LogP contribution in [0.25, 0.3) is 10.9 Å². The van der Waals surface area contributed by atoms with Crippen LogP contribution in [0, 0.1) is 19.8 Å². The lowest BCUT2D eigenvalue weighted by Gasteiger charge is -2.35. The molecule has 168 valence electrons. The molecule has 0 bridgehead atoms. The number of carbonyl (C=O) groups is 1. The Labute approximate surface area is 189 Å². The van der Waals surface area contributed by atoms with Crippen LogP contribution in [-0.2, 0) is 19.4 Å². The summed E-state index contributed by atoms with van der Waals surface area (Å²) < 4.78 is 32.6. The van der Waals surface area contributed by atoms with Crippen LogP contribution in [0.2, 0.25) is 0 Å². The van der Waals surface area contributed by atoms with Crippen LogP contribution in [0.3, 0.4) is 0 Å². The Morgan fingerprint density at radius 1 is 1.12 bits per heavy atom. The molecule has 1 aliphatic rings. The lowest BCUT2D eigenvalue weighted by Crippen LogP contribution is -2.40. The molecular formula is C25H28N2O4S. The Kier molecular flexibility index (Phi) is 6.20. The number of benzene rings is 2. The molecule has 7 heteroatoms. The van der Waals surface area contributed by atoms with E-state index >= 15 is 0 Å². The number of aryl methyl sites for hydroxylation is 2. The van der Waals surface area contributed by atoms with E-state index in [1.165, 1.54) is 6.20 Å². The first-order chi connectivity index (χ1) is 15.3. The first-order valence-corrected chi connectivity index (χ1v) is 12.4. The van der Waals surface area contributed by atoms with Gasteiger partial charge in [-0.25, -0.2) is 8.42 Å². The molecule has 32 heavy (non-hydrogen) atoms. The summed E-state index contributed by atoms with van der Waals surface area (Å²) in [6, 6.07) is 12.7. The van der Waals surface area contributed by atoms with Gasteiger partial charge in [-0.3, -0.25) is 9.78 Å². The summed E-state index contributed by atoms with van der Waals surface area (Å²) in [5.41, 5.74) is 3.36. The van der Waals surface area contributed by atoms with Gasteiger partial charge in [0, 0.05) is 24.7 Å². The molecule has 4 rings (SSSR count). The lowest BCUT2D eigenvalue weighted by atomic mass is 9.97. The minimum Gasteiger partial charge on any atom is -0.466 e. The normalized spacial score (nSPS) is 16.8. The fourth-order valence-corrected chi connectivity index (χ4v) is 5.71. The fraction of sp³-hybridized carbons (Fsp3) is 0.360. The van der Waals surface area contributed by atoms with Gasteiger partial charge in [0.1, 0.15) is 4.90 Å². The molecule has 1 fully saturated rings. The molecule has 6 nitrogen and oxygen atoms in total. The van der Waals surface area contributed by atoms with Gasteiger partial charge in [-0.05, 0) is 57.9 Å². The monoisotopic (exact) mass is 452 g/mol. The molecule has 0 spiro atoms. The second kappa shape index (κ2) is 8.90. The topological polar surface area (TPSA) is 76.6 Å². The summed E-state index contributed by atoms with van der Waals surface area (Å²) in [4.78, 5) is 19.3. The Morgan fingerprint density at radius 2 is 1.84 bits per heavy atom. The van der Waals surface area contributed by atoms with Gasteiger partial charge in [-0.2, -0.15) is 0 Å². The number of esters is 1. The summed E-state index contributed by atoms with van der Waals surface area (Å²) >= 11 is 0. The Hall–Kier alpha value is -2.93. The highest BCUT2D eigenvalue weighted by atomic mass is 32.2. The van der Waals surface area contributed by atoms with Crippen molar-refractivity contribution in [3.05, 3.63) is 59.8 Å². The van der Waals surface area contributed by atoms with Crippen LogP contribution in [0.5, 0.6) is 0 Å². The molecule has 2 heterocycles. The van der Waals surface area contributed by atoms with Crippen molar-refractivity contribution in [2.24, 2.45) is 5.92 Å². The van der Waals surface area contributed by atoms with Gasteiger partial charge in [0.2, 0.25) is 9.84 Å². The van der Waals surface area contributed by atoms with Crippen molar-refractivity contribution in [1.82, 2.24) is 4.98 Å². The number of hydrogen-bond acceptors (Lipinski definition) is 6. The van der Waals surface area contributed by atoms with Gasteiger partial charge in [0.05, 0.1) is 28.6 Å². The highest BCUT2D eigenvalue weighted by molar-refractivity contribution is 7.91. The smallest absolute Gasteiger partial charge is 0.310 e. The van der Waals surface area contributed by atoms with Gasteiger partial charge in [-0.15, -0.1) is 0 Å². The molecule has 0 radical (unpaired) electrons. The summed E-state index contributed by atoms with van der Waals surface area (Å²) in [6.07, 6.45) is 2.97. The van der Waals surface area contributed by atoms with E-state index in [1.807, 2.05) is 36.9 Å². The maximum Gasteiger partial charge on any atom is 0.310 e. The third kappa shape index (κ3) is 4.21. The zero-order valence-electron chi connectivity index (χ0n) is 18.7. The third-order valence-electron chi connectivity index (χ3n) is 5.94. The average molecular weight is 453 g/mol. The summed E-state index contributed by atoms with van der Waals surface area (Å²) in [5.74, 6) is -0.513. The first-order valence-electron chi connectivity index (χ1n) is 10.9. The predicted molar refractivity (Wildman–Crippen MR) is 125 cm³/mol. The van der Waals surface area contributed by atoms with Crippen LogP contribution < -0.4 is 4.90 Å². The summed E-state index contributed by atoms with van der Waals surface area (Å²) in [7, 11) is -3.81. The number of nitrogens with zero attached hydrogens (tertiary/aromatic N) is 2. The lowest BCUT2D eigenvalue weighted by molar-refractivity contribution is -0.148. The molecule has 1 atom stereocenters. The van der Waals surface area contributed by atoms with Crippen molar-refractivity contribution in [2.45, 2.75) is 43.4 Å². The molecule has 1 aromatic heterocycles. The van der Waals surface area contributed by atoms with Gasteiger partial charge >= 0.3 is 5.97 Å². The van der Waals surface area contributed by atoms with Gasteiger partial charge in [0.15, 0.2) is 0 Å². The van der Waals surface area contributed by atoms with Crippen LogP contribution in [0.15, 0.2) is 58.5 Å². The number of pyridine rings is 1. The maximum atomic E-state index is 13.7. The highest BCUT2D eigenvalue weighted by Gasteiger charge is 2.32. The SMILES string of the molecule is CCOC(=O)C1CCCN(c2c(S(=O)(=O)c3ccc(C)cc3)cnc3ccc(C)cc23)C1. The minimum atomic E-state index is -3.81. The van der Waals surface area contributed by atoms with Crippen LogP contribution >= 0.6 is 0 Å². The molecule has 0 aliphatic carbocycles. The van der Waals surface area contributed by atoms with E-state index in [4.69, 9.17) is 4.74 Å². The van der Waals surface area contributed by atoms with Crippen molar-refractivity contribution < 1.29 is 17.9 Å². The number of fused-ring (bicyclic) bond motifs is 1. The molecule has 3 aromatic rings. The highest BCUT2D eigenvalue weighted by Crippen LogP contribution is 2.38. The van der Waals surface area contributed by atoms with E-state index in [2.05, 4.69) is 4.98 Å². The van der Waals surface area contributed by atoms with E-state index < -0.39 is 9.84 Å². The maximum absolute atomic E-state index is 13.7. The quantitative estimate of drug-likeness (QED) is 0.532. The summed E-state index contributed by atoms with van der Waals surface area (Å²) in [5, 5.41) is 0.780. The van der Waals surface area contributed by atoms with E-state index in [0.29, 0.717) is 25.4 Å². The minimum absolute atomic E-state index is 0.170. The number of rotatable bonds is 5. The zero-order valence-corrected chi connectivity index (χ0v) is 19.5. The average Bonchev–Trinajstić information content (AvgIpc) is 2.78. The van der Waals surface area contributed by atoms with Crippen LogP contribution in [0.4, 0.5) is 5.69 Å². The molecular weight excluding hydrogens is 424 g/mol. The standard InChI is InChI=1S/C25H28N2O4S/c1-4-31-25(28)19-6-5-13-27(16-19)24-21-14-18(3)9-12-22(21)26-15-23(24)32(29,30)20-10-7-17(2)8-11-20/h7-12,14-15,19H,4-6,13,16H2,1-3H3. The molecule has 0 N–H and O–H groups in total. The molecule has 0 amide bonds. The van der Waals surface area contributed by atoms with E-state index in [0.717, 1.165) is 34.9 Å². The van der Waals surface area contributed by atoms with Crippen molar-refractivity contribution >= 4 is 32.4 Å².